The Bertz CT molecular complexity index is 1270. The van der Waals surface area contributed by atoms with Crippen LogP contribution in [0.15, 0.2) is 84.9 Å². The fourth-order valence-corrected chi connectivity index (χ4v) is 6.33. The fraction of sp³-hybridized carbons (Fsp3) is 0.273. The molecule has 0 aromatic heterocycles. The molecule has 0 radical (unpaired) electrons. The highest BCUT2D eigenvalue weighted by Gasteiger charge is 2.52. The minimum absolute atomic E-state index is 0. The normalized spacial score (nSPS) is 13.7. The van der Waals surface area contributed by atoms with E-state index in [4.69, 9.17) is 0 Å². The highest BCUT2D eigenvalue weighted by Crippen LogP contribution is 2.63. The van der Waals surface area contributed by atoms with Crippen LogP contribution in [0.25, 0.3) is 22.3 Å². The molecule has 0 unspecified atom stereocenters. The van der Waals surface area contributed by atoms with Gasteiger partial charge in [-0.05, 0) is 83.8 Å². The molecule has 2 aliphatic carbocycles. The van der Waals surface area contributed by atoms with Crippen molar-refractivity contribution >= 4 is 0 Å². The summed E-state index contributed by atoms with van der Waals surface area (Å²) in [6, 6.07) is 32.1. The van der Waals surface area contributed by atoms with Gasteiger partial charge in [0.05, 0.1) is 5.41 Å². The van der Waals surface area contributed by atoms with E-state index in [1.165, 1.54) is 55.6 Å². The van der Waals surface area contributed by atoms with Crippen molar-refractivity contribution in [1.29, 1.82) is 0 Å². The van der Waals surface area contributed by atoms with Crippen LogP contribution in [0, 0.1) is 0 Å². The van der Waals surface area contributed by atoms with Gasteiger partial charge in [-0.2, -0.15) is 0 Å². The van der Waals surface area contributed by atoms with Gasteiger partial charge in [-0.15, -0.1) is 0 Å². The number of fused-ring (bicyclic) bond motifs is 10. The predicted octanol–water partition coefficient (Wildman–Crippen LogP) is 7.43. The molecule has 0 amide bonds. The van der Waals surface area contributed by atoms with Crippen molar-refractivity contribution in [3.8, 4) is 22.3 Å². The lowest BCUT2D eigenvalue weighted by Gasteiger charge is -2.30. The first-order valence-electron chi connectivity index (χ1n) is 11.8. The number of benzene rings is 4. The van der Waals surface area contributed by atoms with Crippen LogP contribution in [-0.4, -0.2) is 38.0 Å². The lowest BCUT2D eigenvalue weighted by molar-refractivity contribution is 0.403. The molecule has 0 aliphatic heterocycles. The Morgan fingerprint density at radius 2 is 0.857 bits per heavy atom. The first kappa shape index (κ1) is 24.9. The maximum atomic E-state index is 2.37. The van der Waals surface area contributed by atoms with E-state index in [0.29, 0.717) is 0 Å². The van der Waals surface area contributed by atoms with Gasteiger partial charge >= 0.3 is 0 Å². The van der Waals surface area contributed by atoms with E-state index in [2.05, 4.69) is 123 Å². The van der Waals surface area contributed by atoms with Gasteiger partial charge < -0.3 is 9.80 Å². The van der Waals surface area contributed by atoms with Crippen LogP contribution >= 0.6 is 0 Å². The maximum Gasteiger partial charge on any atom is 0.0725 e. The first-order chi connectivity index (χ1) is 16.0. The predicted molar refractivity (Wildman–Crippen MR) is 151 cm³/mol. The van der Waals surface area contributed by atoms with Crippen LogP contribution in [0.1, 0.15) is 48.2 Å². The molecule has 0 N–H and O–H groups in total. The number of nitrogens with zero attached hydrogens (tertiary/aromatic N) is 2. The molecular weight excluding hydrogens is 424 g/mol. The number of rotatable bonds is 4. The van der Waals surface area contributed by atoms with Crippen LogP contribution in [0.4, 0.5) is 0 Å². The summed E-state index contributed by atoms with van der Waals surface area (Å²) in [7, 11) is 8.63. The third-order valence-corrected chi connectivity index (χ3v) is 7.28. The molecule has 0 bridgehead atoms. The molecule has 0 heterocycles. The second kappa shape index (κ2) is 9.11. The van der Waals surface area contributed by atoms with Gasteiger partial charge in [-0.1, -0.05) is 99.8 Å². The molecule has 6 rings (SSSR count). The SMILES string of the molecule is C.C.CN(C)Cc1cccc2c1-c1ccccc1C21c2ccccc2-c2c(CN(C)C)cccc21. The topological polar surface area (TPSA) is 6.48 Å². The first-order valence-corrected chi connectivity index (χ1v) is 11.8. The maximum absolute atomic E-state index is 2.37. The van der Waals surface area contributed by atoms with Crippen LogP contribution in [0.2, 0.25) is 0 Å². The minimum atomic E-state index is -0.261. The summed E-state index contributed by atoms with van der Waals surface area (Å²) in [4.78, 5) is 4.55. The molecule has 2 nitrogen and oxygen atoms in total. The molecule has 35 heavy (non-hydrogen) atoms. The Labute approximate surface area is 211 Å². The lowest BCUT2D eigenvalue weighted by Crippen LogP contribution is -2.26. The Morgan fingerprint density at radius 3 is 1.26 bits per heavy atom. The molecule has 2 aliphatic rings. The summed E-state index contributed by atoms with van der Waals surface area (Å²) < 4.78 is 0. The third kappa shape index (κ3) is 3.39. The molecule has 4 aromatic rings. The van der Waals surface area contributed by atoms with Gasteiger partial charge in [0.1, 0.15) is 0 Å². The van der Waals surface area contributed by atoms with Crippen molar-refractivity contribution in [2.75, 3.05) is 28.2 Å². The Morgan fingerprint density at radius 1 is 0.486 bits per heavy atom. The molecule has 180 valence electrons. The van der Waals surface area contributed by atoms with Crippen molar-refractivity contribution in [3.05, 3.63) is 118 Å². The van der Waals surface area contributed by atoms with Crippen LogP contribution in [0.3, 0.4) is 0 Å². The summed E-state index contributed by atoms with van der Waals surface area (Å²) in [6.07, 6.45) is 0. The van der Waals surface area contributed by atoms with E-state index in [1.54, 1.807) is 0 Å². The third-order valence-electron chi connectivity index (χ3n) is 7.28. The monoisotopic (exact) mass is 462 g/mol. The van der Waals surface area contributed by atoms with Crippen LogP contribution in [-0.2, 0) is 18.5 Å². The van der Waals surface area contributed by atoms with Gasteiger partial charge in [0.2, 0.25) is 0 Å². The van der Waals surface area contributed by atoms with Gasteiger partial charge in [-0.25, -0.2) is 0 Å². The second-order valence-electron chi connectivity index (χ2n) is 10.00. The van der Waals surface area contributed by atoms with Crippen molar-refractivity contribution in [3.63, 3.8) is 0 Å². The summed E-state index contributed by atoms with van der Waals surface area (Å²) in [5.74, 6) is 0. The van der Waals surface area contributed by atoms with E-state index in [9.17, 15) is 0 Å². The highest BCUT2D eigenvalue weighted by atomic mass is 15.1. The van der Waals surface area contributed by atoms with E-state index in [1.807, 2.05) is 0 Å². The highest BCUT2D eigenvalue weighted by molar-refractivity contribution is 5.96. The Kier molecular flexibility index (Phi) is 6.48. The zero-order chi connectivity index (χ0) is 22.7. The fourth-order valence-electron chi connectivity index (χ4n) is 6.33. The van der Waals surface area contributed by atoms with Crippen molar-refractivity contribution < 1.29 is 0 Å². The molecular formula is C33H38N2. The van der Waals surface area contributed by atoms with Gasteiger partial charge in [0.15, 0.2) is 0 Å². The number of hydrogen-bond donors (Lipinski definition) is 0. The molecule has 2 heteroatoms. The molecule has 0 fully saturated rings. The van der Waals surface area contributed by atoms with Gasteiger partial charge in [0.25, 0.3) is 0 Å². The zero-order valence-corrected chi connectivity index (χ0v) is 19.9. The summed E-state index contributed by atoms with van der Waals surface area (Å²) in [5.41, 5.74) is 13.8. The van der Waals surface area contributed by atoms with E-state index < -0.39 is 0 Å². The van der Waals surface area contributed by atoms with Crippen LogP contribution < -0.4 is 0 Å². The molecule has 0 saturated heterocycles. The average molecular weight is 463 g/mol. The lowest BCUT2D eigenvalue weighted by atomic mass is 9.70. The Balaban J connectivity index is 0.00000144. The van der Waals surface area contributed by atoms with E-state index in [-0.39, 0.29) is 20.3 Å². The smallest absolute Gasteiger partial charge is 0.0725 e. The summed E-state index contributed by atoms with van der Waals surface area (Å²) in [6.45, 7) is 1.87. The van der Waals surface area contributed by atoms with E-state index in [0.717, 1.165) is 13.1 Å². The molecule has 0 saturated carbocycles. The Hall–Kier alpha value is -3.20. The van der Waals surface area contributed by atoms with E-state index >= 15 is 0 Å². The number of hydrogen-bond acceptors (Lipinski definition) is 2. The van der Waals surface area contributed by atoms with Crippen LogP contribution in [0.5, 0.6) is 0 Å². The molecule has 1 spiro atoms. The summed E-state index contributed by atoms with van der Waals surface area (Å²) in [5, 5.41) is 0. The van der Waals surface area contributed by atoms with Crippen molar-refractivity contribution in [2.24, 2.45) is 0 Å². The summed E-state index contributed by atoms with van der Waals surface area (Å²) >= 11 is 0. The minimum Gasteiger partial charge on any atom is -0.305 e. The average Bonchev–Trinajstić information content (AvgIpc) is 3.27. The van der Waals surface area contributed by atoms with Gasteiger partial charge in [-0.3, -0.25) is 0 Å². The zero-order valence-electron chi connectivity index (χ0n) is 19.9. The van der Waals surface area contributed by atoms with Gasteiger partial charge in [0, 0.05) is 13.1 Å². The second-order valence-corrected chi connectivity index (χ2v) is 10.00. The standard InChI is InChI=1S/C31H30N2.2CH4/c1-32(2)19-21-11-9-17-27-29(21)23-13-5-7-15-25(23)31(27)26-16-8-6-14-24(26)30-22(20-33(3)4)12-10-18-28(30)31;;/h5-18H,19-20H2,1-4H3;2*1H4. The largest absolute Gasteiger partial charge is 0.305 e. The van der Waals surface area contributed by atoms with Crippen molar-refractivity contribution in [2.45, 2.75) is 33.4 Å². The quantitative estimate of drug-likeness (QED) is 0.269. The van der Waals surface area contributed by atoms with Crippen molar-refractivity contribution in [1.82, 2.24) is 9.80 Å². The molecule has 4 aromatic carbocycles. The molecule has 0 atom stereocenters.